The molecule has 1 aliphatic carbocycles. The highest BCUT2D eigenvalue weighted by Gasteiger charge is 2.21. The molecule has 3 N–H and O–H groups in total. The minimum atomic E-state index is -0.336. The fraction of sp³-hybridized carbons (Fsp3) is 0.419. The van der Waals surface area contributed by atoms with E-state index >= 15 is 0 Å². The summed E-state index contributed by atoms with van der Waals surface area (Å²) in [6.07, 6.45) is 11.8. The summed E-state index contributed by atoms with van der Waals surface area (Å²) in [5.74, 6) is -0.206. The van der Waals surface area contributed by atoms with Gasteiger partial charge in [0.25, 0.3) is 0 Å². The lowest BCUT2D eigenvalue weighted by Crippen LogP contribution is -2.39. The molecule has 0 amide bonds. The third kappa shape index (κ3) is 5.96. The van der Waals surface area contributed by atoms with Crippen molar-refractivity contribution in [3.63, 3.8) is 0 Å². The van der Waals surface area contributed by atoms with E-state index in [-0.39, 0.29) is 12.0 Å². The molecule has 194 valence electrons. The minimum absolute atomic E-state index is 0.206. The zero-order chi connectivity index (χ0) is 25.5. The molecule has 1 atom stereocenters. The maximum atomic E-state index is 12.4. The monoisotopic (exact) mass is 498 g/mol. The van der Waals surface area contributed by atoms with E-state index in [9.17, 15) is 4.79 Å². The molecule has 0 saturated carbocycles. The molecular formula is C31H38N4O2. The predicted molar refractivity (Wildman–Crippen MR) is 151 cm³/mol. The van der Waals surface area contributed by atoms with Crippen LogP contribution in [0.15, 0.2) is 54.7 Å². The summed E-state index contributed by atoms with van der Waals surface area (Å²) in [6, 6.07) is 16.4. The normalized spacial score (nSPS) is 14.0. The number of benzene rings is 2. The van der Waals surface area contributed by atoms with E-state index in [1.807, 2.05) is 18.3 Å². The molecule has 5 rings (SSSR count). The van der Waals surface area contributed by atoms with Crippen LogP contribution in [0.4, 0.5) is 5.69 Å². The average Bonchev–Trinajstić information content (AvgIpc) is 3.35. The minimum Gasteiger partial charge on any atom is -0.468 e. The van der Waals surface area contributed by atoms with Crippen LogP contribution < -0.4 is 10.6 Å². The molecule has 2 aromatic heterocycles. The lowest BCUT2D eigenvalue weighted by atomic mass is 9.92. The third-order valence-electron chi connectivity index (χ3n) is 7.55. The van der Waals surface area contributed by atoms with Crippen LogP contribution >= 0.6 is 0 Å². The van der Waals surface area contributed by atoms with Crippen molar-refractivity contribution in [3.05, 3.63) is 71.5 Å². The number of H-pyrrole nitrogens is 1. The number of hydrogen-bond acceptors (Lipinski definition) is 5. The van der Waals surface area contributed by atoms with E-state index < -0.39 is 0 Å². The molecule has 37 heavy (non-hydrogen) atoms. The Labute approximate surface area is 219 Å². The second kappa shape index (κ2) is 12.2. The maximum Gasteiger partial charge on any atom is 0.323 e. The Kier molecular flexibility index (Phi) is 8.36. The molecule has 0 fully saturated rings. The number of ether oxygens (including phenoxy) is 1. The van der Waals surface area contributed by atoms with E-state index in [4.69, 9.17) is 9.72 Å². The highest BCUT2D eigenvalue weighted by molar-refractivity contribution is 5.93. The summed E-state index contributed by atoms with van der Waals surface area (Å²) < 4.78 is 5.07. The van der Waals surface area contributed by atoms with Gasteiger partial charge in [-0.1, -0.05) is 49.2 Å². The number of fused-ring (bicyclic) bond motifs is 3. The van der Waals surface area contributed by atoms with Gasteiger partial charge in [0.05, 0.1) is 12.6 Å². The summed E-state index contributed by atoms with van der Waals surface area (Å²) in [4.78, 5) is 20.6. The molecule has 0 aliphatic heterocycles. The lowest BCUT2D eigenvalue weighted by molar-refractivity contribution is -0.143. The molecule has 0 unspecified atom stereocenters. The summed E-state index contributed by atoms with van der Waals surface area (Å²) in [6.45, 7) is 1.78. The first-order valence-electron chi connectivity index (χ1n) is 13.7. The van der Waals surface area contributed by atoms with Gasteiger partial charge in [0.15, 0.2) is 0 Å². The number of aromatic amines is 1. The zero-order valence-electron chi connectivity index (χ0n) is 21.8. The SMILES string of the molecule is COC(=O)[C@H](Cc1c[nH]c2ccccc12)NCCCCCCNc1c2c(nc3ccccc13)CCCC2. The highest BCUT2D eigenvalue weighted by Crippen LogP contribution is 2.33. The largest absolute Gasteiger partial charge is 0.468 e. The first-order chi connectivity index (χ1) is 18.2. The van der Waals surface area contributed by atoms with Gasteiger partial charge >= 0.3 is 5.97 Å². The van der Waals surface area contributed by atoms with Crippen LogP contribution in [0.1, 0.15) is 55.3 Å². The average molecular weight is 499 g/mol. The number of pyridine rings is 1. The van der Waals surface area contributed by atoms with Crippen LogP contribution in [0.5, 0.6) is 0 Å². The molecular weight excluding hydrogens is 460 g/mol. The van der Waals surface area contributed by atoms with Crippen LogP contribution in [0.3, 0.4) is 0 Å². The molecule has 0 radical (unpaired) electrons. The van der Waals surface area contributed by atoms with Gasteiger partial charge in [0.1, 0.15) is 6.04 Å². The summed E-state index contributed by atoms with van der Waals surface area (Å²) in [5, 5.41) is 9.61. The third-order valence-corrected chi connectivity index (χ3v) is 7.55. The molecule has 6 heteroatoms. The van der Waals surface area contributed by atoms with Gasteiger partial charge in [-0.25, -0.2) is 0 Å². The number of aromatic nitrogens is 2. The van der Waals surface area contributed by atoms with Crippen LogP contribution in [0, 0.1) is 0 Å². The quantitative estimate of drug-likeness (QED) is 0.166. The second-order valence-electron chi connectivity index (χ2n) is 10.1. The van der Waals surface area contributed by atoms with Gasteiger partial charge in [-0.05, 0) is 68.3 Å². The number of para-hydroxylation sites is 2. The van der Waals surface area contributed by atoms with Gasteiger partial charge in [0.2, 0.25) is 0 Å². The number of aryl methyl sites for hydroxylation is 1. The molecule has 1 aliphatic rings. The second-order valence-corrected chi connectivity index (χ2v) is 10.1. The summed E-state index contributed by atoms with van der Waals surface area (Å²) in [7, 11) is 1.46. The Bertz CT molecular complexity index is 1350. The predicted octanol–water partition coefficient (Wildman–Crippen LogP) is 5.94. The number of carbonyl (C=O) groups is 1. The van der Waals surface area contributed by atoms with E-state index in [0.29, 0.717) is 6.42 Å². The molecule has 2 heterocycles. The number of unbranched alkanes of at least 4 members (excludes halogenated alkanes) is 3. The first kappa shape index (κ1) is 25.3. The Morgan fingerprint density at radius 2 is 1.73 bits per heavy atom. The molecule has 2 aromatic carbocycles. The van der Waals surface area contributed by atoms with E-state index in [1.54, 1.807) is 0 Å². The smallest absolute Gasteiger partial charge is 0.323 e. The van der Waals surface area contributed by atoms with Gasteiger partial charge in [0, 0.05) is 46.8 Å². The van der Waals surface area contributed by atoms with Gasteiger partial charge in [-0.2, -0.15) is 0 Å². The number of hydrogen-bond donors (Lipinski definition) is 3. The van der Waals surface area contributed by atoms with Gasteiger partial charge in [-0.15, -0.1) is 0 Å². The van der Waals surface area contributed by atoms with Crippen LogP contribution in [0.2, 0.25) is 0 Å². The van der Waals surface area contributed by atoms with Crippen molar-refractivity contribution in [1.29, 1.82) is 0 Å². The summed E-state index contributed by atoms with van der Waals surface area (Å²) >= 11 is 0. The van der Waals surface area contributed by atoms with Crippen LogP contribution in [0.25, 0.3) is 21.8 Å². The van der Waals surface area contributed by atoms with Crippen molar-refractivity contribution >= 4 is 33.5 Å². The Balaban J connectivity index is 1.08. The molecule has 4 aromatic rings. The standard InChI is InChI=1S/C31H38N4O2/c1-37-31(36)29(20-22-21-34-26-15-7-4-12-23(22)26)32-18-10-2-3-11-19-33-30-24-13-5-8-16-27(24)35-28-17-9-6-14-25(28)30/h4-5,7-8,12-13,15-16,21,29,32,34H,2-3,6,9-11,14,17-20H2,1H3,(H,33,35)/t29-/m0/s1. The Morgan fingerprint density at radius 1 is 0.973 bits per heavy atom. The van der Waals surface area contributed by atoms with Crippen LogP contribution in [-0.2, 0) is 28.8 Å². The van der Waals surface area contributed by atoms with Crippen molar-refractivity contribution in [2.75, 3.05) is 25.5 Å². The fourth-order valence-corrected chi connectivity index (χ4v) is 5.57. The number of esters is 1. The fourth-order valence-electron chi connectivity index (χ4n) is 5.57. The number of nitrogens with zero attached hydrogens (tertiary/aromatic N) is 1. The summed E-state index contributed by atoms with van der Waals surface area (Å²) in [5.41, 5.74) is 7.35. The van der Waals surface area contributed by atoms with Crippen LogP contribution in [-0.4, -0.2) is 42.2 Å². The lowest BCUT2D eigenvalue weighted by Gasteiger charge is -2.21. The van der Waals surface area contributed by atoms with E-state index in [1.165, 1.54) is 42.3 Å². The van der Waals surface area contributed by atoms with E-state index in [2.05, 4.69) is 52.0 Å². The zero-order valence-corrected chi connectivity index (χ0v) is 21.8. The number of anilines is 1. The number of carbonyl (C=O) groups excluding carboxylic acids is 1. The first-order valence-corrected chi connectivity index (χ1v) is 13.7. The van der Waals surface area contributed by atoms with E-state index in [0.717, 1.165) is 73.6 Å². The maximum absolute atomic E-state index is 12.4. The number of methoxy groups -OCH3 is 1. The number of nitrogens with one attached hydrogen (secondary N) is 3. The molecule has 0 spiro atoms. The molecule has 6 nitrogen and oxygen atoms in total. The molecule has 0 saturated heterocycles. The Hall–Kier alpha value is -3.38. The van der Waals surface area contributed by atoms with Crippen molar-refractivity contribution in [1.82, 2.24) is 15.3 Å². The highest BCUT2D eigenvalue weighted by atomic mass is 16.5. The number of rotatable bonds is 12. The van der Waals surface area contributed by atoms with Gasteiger partial charge < -0.3 is 20.4 Å². The van der Waals surface area contributed by atoms with Crippen molar-refractivity contribution in [2.24, 2.45) is 0 Å². The van der Waals surface area contributed by atoms with Crippen molar-refractivity contribution in [2.45, 2.75) is 63.8 Å². The Morgan fingerprint density at radius 3 is 2.59 bits per heavy atom. The molecule has 0 bridgehead atoms. The van der Waals surface area contributed by atoms with Crippen molar-refractivity contribution in [3.8, 4) is 0 Å². The van der Waals surface area contributed by atoms with Gasteiger partial charge in [-0.3, -0.25) is 9.78 Å². The van der Waals surface area contributed by atoms with Crippen molar-refractivity contribution < 1.29 is 9.53 Å². The topological polar surface area (TPSA) is 79.0 Å².